The van der Waals surface area contributed by atoms with E-state index in [0.717, 1.165) is 12.1 Å². The van der Waals surface area contributed by atoms with Crippen molar-refractivity contribution in [2.45, 2.75) is 26.0 Å². The van der Waals surface area contributed by atoms with E-state index in [4.69, 9.17) is 5.11 Å². The van der Waals surface area contributed by atoms with Gasteiger partial charge >= 0.3 is 5.97 Å². The van der Waals surface area contributed by atoms with Crippen molar-refractivity contribution in [3.8, 4) is 0 Å². The summed E-state index contributed by atoms with van der Waals surface area (Å²) in [6.07, 6.45) is -1.17. The van der Waals surface area contributed by atoms with Crippen molar-refractivity contribution in [2.24, 2.45) is 0 Å². The number of aromatic nitrogens is 2. The van der Waals surface area contributed by atoms with Gasteiger partial charge in [-0.1, -0.05) is 0 Å². The highest BCUT2D eigenvalue weighted by Crippen LogP contribution is 2.23. The summed E-state index contributed by atoms with van der Waals surface area (Å²) in [6.45, 7) is 1.47. The first-order chi connectivity index (χ1) is 8.90. The second-order valence-corrected chi connectivity index (χ2v) is 4.20. The van der Waals surface area contributed by atoms with Crippen LogP contribution in [0, 0.1) is 11.6 Å². The zero-order chi connectivity index (χ0) is 14.2. The van der Waals surface area contributed by atoms with Crippen LogP contribution in [-0.4, -0.2) is 25.7 Å². The van der Waals surface area contributed by atoms with E-state index in [0.29, 0.717) is 0 Å². The average molecular weight is 270 g/mol. The highest BCUT2D eigenvalue weighted by molar-refractivity contribution is 5.76. The maximum absolute atomic E-state index is 13.2. The summed E-state index contributed by atoms with van der Waals surface area (Å²) in [5.41, 5.74) is 0.441. The number of benzene rings is 1. The number of hydrogen-bond donors (Lipinski definition) is 2. The van der Waals surface area contributed by atoms with E-state index in [1.807, 2.05) is 0 Å². The average Bonchev–Trinajstić information content (AvgIpc) is 2.65. The van der Waals surface area contributed by atoms with Gasteiger partial charge in [0.15, 0.2) is 11.6 Å². The quantitative estimate of drug-likeness (QED) is 0.889. The Morgan fingerprint density at radius 2 is 2.05 bits per heavy atom. The molecule has 0 fully saturated rings. The van der Waals surface area contributed by atoms with Crippen LogP contribution in [0.5, 0.6) is 0 Å². The fourth-order valence-electron chi connectivity index (χ4n) is 1.90. The zero-order valence-corrected chi connectivity index (χ0v) is 10.1. The van der Waals surface area contributed by atoms with Crippen LogP contribution in [-0.2, 0) is 11.3 Å². The summed E-state index contributed by atoms with van der Waals surface area (Å²) in [7, 11) is 0. The summed E-state index contributed by atoms with van der Waals surface area (Å²) < 4.78 is 27.8. The molecule has 0 aliphatic heterocycles. The first-order valence-electron chi connectivity index (χ1n) is 5.65. The Kier molecular flexibility index (Phi) is 3.48. The van der Waals surface area contributed by atoms with Gasteiger partial charge in [-0.25, -0.2) is 13.8 Å². The Morgan fingerprint density at radius 1 is 1.42 bits per heavy atom. The van der Waals surface area contributed by atoms with E-state index in [1.165, 1.54) is 11.5 Å². The normalized spacial score (nSPS) is 12.8. The zero-order valence-electron chi connectivity index (χ0n) is 10.1. The first kappa shape index (κ1) is 13.4. The van der Waals surface area contributed by atoms with Crippen molar-refractivity contribution in [3.05, 3.63) is 29.6 Å². The molecule has 1 aromatic carbocycles. The summed E-state index contributed by atoms with van der Waals surface area (Å²) >= 11 is 0. The smallest absolute Gasteiger partial charge is 0.305 e. The van der Waals surface area contributed by atoms with E-state index in [1.54, 1.807) is 0 Å². The van der Waals surface area contributed by atoms with Crippen LogP contribution in [0.2, 0.25) is 0 Å². The maximum atomic E-state index is 13.2. The Balaban J connectivity index is 2.58. The van der Waals surface area contributed by atoms with Crippen molar-refractivity contribution < 1.29 is 23.8 Å². The molecule has 7 heteroatoms. The number of carbonyl (C=O) groups is 1. The lowest BCUT2D eigenvalue weighted by atomic mass is 10.3. The molecule has 1 unspecified atom stereocenters. The second kappa shape index (κ2) is 4.93. The Labute approximate surface area is 107 Å². The van der Waals surface area contributed by atoms with Crippen LogP contribution >= 0.6 is 0 Å². The molecule has 0 aliphatic carbocycles. The molecule has 0 spiro atoms. The fourth-order valence-corrected chi connectivity index (χ4v) is 1.90. The number of aliphatic hydroxyl groups excluding tert-OH is 1. The lowest BCUT2D eigenvalue weighted by Gasteiger charge is -2.09. The standard InChI is InChI=1S/C12H12F2N2O3/c1-6(17)12-15-9-4-7(13)8(14)5-10(9)16(12)3-2-11(18)19/h4-6,17H,2-3H2,1H3,(H,18,19). The van der Waals surface area contributed by atoms with Gasteiger partial charge in [-0.05, 0) is 6.92 Å². The number of carboxylic acids is 1. The molecule has 0 amide bonds. The minimum absolute atomic E-state index is 0.0249. The number of carboxylic acid groups (broad SMARTS) is 1. The van der Waals surface area contributed by atoms with Crippen LogP contribution in [0.4, 0.5) is 8.78 Å². The molecular formula is C12H12F2N2O3. The molecule has 0 saturated carbocycles. The number of aliphatic carboxylic acids is 1. The molecular weight excluding hydrogens is 258 g/mol. The Morgan fingerprint density at radius 3 is 2.63 bits per heavy atom. The van der Waals surface area contributed by atoms with E-state index in [2.05, 4.69) is 4.98 Å². The minimum Gasteiger partial charge on any atom is -0.481 e. The van der Waals surface area contributed by atoms with Gasteiger partial charge in [0.1, 0.15) is 11.9 Å². The molecule has 2 rings (SSSR count). The van der Waals surface area contributed by atoms with Crippen molar-refractivity contribution in [1.82, 2.24) is 9.55 Å². The van der Waals surface area contributed by atoms with E-state index < -0.39 is 23.7 Å². The number of hydrogen-bond acceptors (Lipinski definition) is 3. The third-order valence-electron chi connectivity index (χ3n) is 2.74. The number of nitrogens with zero attached hydrogens (tertiary/aromatic N) is 2. The van der Waals surface area contributed by atoms with Crippen molar-refractivity contribution in [2.75, 3.05) is 0 Å². The fraction of sp³-hybridized carbons (Fsp3) is 0.333. The second-order valence-electron chi connectivity index (χ2n) is 4.20. The van der Waals surface area contributed by atoms with Crippen LogP contribution in [0.3, 0.4) is 0 Å². The first-order valence-corrected chi connectivity index (χ1v) is 5.65. The van der Waals surface area contributed by atoms with E-state index >= 15 is 0 Å². The Hall–Kier alpha value is -2.02. The van der Waals surface area contributed by atoms with Crippen molar-refractivity contribution >= 4 is 17.0 Å². The van der Waals surface area contributed by atoms with Crippen molar-refractivity contribution in [1.29, 1.82) is 0 Å². The van der Waals surface area contributed by atoms with Gasteiger partial charge in [0.2, 0.25) is 0 Å². The molecule has 2 aromatic rings. The lowest BCUT2D eigenvalue weighted by molar-refractivity contribution is -0.137. The maximum Gasteiger partial charge on any atom is 0.305 e. The number of aliphatic hydroxyl groups is 1. The largest absolute Gasteiger partial charge is 0.481 e. The van der Waals surface area contributed by atoms with Gasteiger partial charge in [0, 0.05) is 18.7 Å². The highest BCUT2D eigenvalue weighted by atomic mass is 19.2. The van der Waals surface area contributed by atoms with Crippen LogP contribution in [0.1, 0.15) is 25.3 Å². The molecule has 102 valence electrons. The van der Waals surface area contributed by atoms with E-state index in [9.17, 15) is 18.7 Å². The molecule has 0 aliphatic rings. The number of halogens is 2. The monoisotopic (exact) mass is 270 g/mol. The molecule has 0 radical (unpaired) electrons. The molecule has 2 N–H and O–H groups in total. The third kappa shape index (κ3) is 2.55. The van der Waals surface area contributed by atoms with Crippen molar-refractivity contribution in [3.63, 3.8) is 0 Å². The topological polar surface area (TPSA) is 75.4 Å². The van der Waals surface area contributed by atoms with Gasteiger partial charge in [-0.2, -0.15) is 0 Å². The molecule has 5 nitrogen and oxygen atoms in total. The predicted molar refractivity (Wildman–Crippen MR) is 62.5 cm³/mol. The molecule has 19 heavy (non-hydrogen) atoms. The van der Waals surface area contributed by atoms with Gasteiger partial charge < -0.3 is 14.8 Å². The summed E-state index contributed by atoms with van der Waals surface area (Å²) in [5.74, 6) is -2.92. The third-order valence-corrected chi connectivity index (χ3v) is 2.74. The molecule has 1 aromatic heterocycles. The number of aryl methyl sites for hydroxylation is 1. The van der Waals surface area contributed by atoms with Crippen LogP contribution in [0.15, 0.2) is 12.1 Å². The van der Waals surface area contributed by atoms with Gasteiger partial charge in [-0.15, -0.1) is 0 Å². The Bertz CT molecular complexity index is 637. The van der Waals surface area contributed by atoms with Gasteiger partial charge in [-0.3, -0.25) is 4.79 Å². The van der Waals surface area contributed by atoms with Gasteiger partial charge in [0.05, 0.1) is 17.5 Å². The molecule has 0 saturated heterocycles. The van der Waals surface area contributed by atoms with Gasteiger partial charge in [0.25, 0.3) is 0 Å². The minimum atomic E-state index is -1.04. The predicted octanol–water partition coefficient (Wildman–Crippen LogP) is 1.84. The van der Waals surface area contributed by atoms with Crippen LogP contribution < -0.4 is 0 Å². The number of imidazole rings is 1. The highest BCUT2D eigenvalue weighted by Gasteiger charge is 2.17. The summed E-state index contributed by atoms with van der Waals surface area (Å²) in [4.78, 5) is 14.6. The molecule has 0 bridgehead atoms. The number of rotatable bonds is 4. The molecule has 1 heterocycles. The molecule has 1 atom stereocenters. The summed E-state index contributed by atoms with van der Waals surface area (Å²) in [5, 5.41) is 18.3. The SMILES string of the molecule is CC(O)c1nc2cc(F)c(F)cc2n1CCC(=O)O. The summed E-state index contributed by atoms with van der Waals surface area (Å²) in [6, 6.07) is 1.87. The van der Waals surface area contributed by atoms with Crippen LogP contribution in [0.25, 0.3) is 11.0 Å². The number of fused-ring (bicyclic) bond motifs is 1. The lowest BCUT2D eigenvalue weighted by Crippen LogP contribution is -2.10. The van der Waals surface area contributed by atoms with E-state index in [-0.39, 0.29) is 29.8 Å².